The molecule has 0 unspecified atom stereocenters. The lowest BCUT2D eigenvalue weighted by atomic mass is 10.2. The maximum atomic E-state index is 10.3. The van der Waals surface area contributed by atoms with Crippen LogP contribution >= 0.6 is 0 Å². The highest BCUT2D eigenvalue weighted by Gasteiger charge is 1.93. The van der Waals surface area contributed by atoms with Crippen molar-refractivity contribution in [2.45, 2.75) is 0 Å². The molecule has 0 radical (unpaired) electrons. The molecule has 0 saturated carbocycles. The number of benzene rings is 1. The third-order valence-electron chi connectivity index (χ3n) is 1.95. The maximum Gasteiger partial charge on any atom is 0.328 e. The fourth-order valence-electron chi connectivity index (χ4n) is 1.10. The molecular weight excluding hydrogens is 230 g/mol. The minimum absolute atomic E-state index is 0.0233. The van der Waals surface area contributed by atoms with Gasteiger partial charge in [0.2, 0.25) is 0 Å². The lowest BCUT2D eigenvalue weighted by Gasteiger charge is -2.00. The Morgan fingerprint density at radius 3 is 2.33 bits per heavy atom. The van der Waals surface area contributed by atoms with E-state index in [1.165, 1.54) is 12.3 Å². The van der Waals surface area contributed by atoms with Crippen LogP contribution in [-0.4, -0.2) is 11.1 Å². The minimum atomic E-state index is -1.01. The number of allylic oxidation sites excluding steroid dienone is 1. The Balaban J connectivity index is 2.73. The first kappa shape index (κ1) is 13.0. The lowest BCUT2D eigenvalue weighted by Crippen LogP contribution is -1.90. The Bertz CT molecular complexity index is 556. The van der Waals surface area contributed by atoms with E-state index in [2.05, 4.69) is 5.32 Å². The van der Waals surface area contributed by atoms with Crippen LogP contribution in [-0.2, 0) is 4.79 Å². The third-order valence-corrected chi connectivity index (χ3v) is 1.95. The molecule has 0 saturated heterocycles. The molecule has 1 aromatic carbocycles. The van der Waals surface area contributed by atoms with Gasteiger partial charge in [-0.05, 0) is 23.8 Å². The summed E-state index contributed by atoms with van der Waals surface area (Å²) in [6, 6.07) is 10.3. The molecule has 2 N–H and O–H groups in total. The van der Waals surface area contributed by atoms with E-state index in [1.807, 2.05) is 0 Å². The zero-order valence-corrected chi connectivity index (χ0v) is 9.29. The van der Waals surface area contributed by atoms with Gasteiger partial charge in [0.15, 0.2) is 0 Å². The summed E-state index contributed by atoms with van der Waals surface area (Å²) < 4.78 is 0. The molecule has 0 fully saturated rings. The van der Waals surface area contributed by atoms with Gasteiger partial charge < -0.3 is 10.4 Å². The molecule has 5 heteroatoms. The van der Waals surface area contributed by atoms with Crippen molar-refractivity contribution in [3.63, 3.8) is 0 Å². The first-order chi connectivity index (χ1) is 8.65. The zero-order valence-electron chi connectivity index (χ0n) is 9.29. The van der Waals surface area contributed by atoms with Crippen molar-refractivity contribution in [1.29, 1.82) is 10.5 Å². The van der Waals surface area contributed by atoms with Crippen LogP contribution in [0.2, 0.25) is 0 Å². The molecule has 0 aromatic heterocycles. The number of rotatable bonds is 4. The predicted molar refractivity (Wildman–Crippen MR) is 66.0 cm³/mol. The second-order valence-electron chi connectivity index (χ2n) is 3.22. The zero-order chi connectivity index (χ0) is 13.4. The number of carboxylic acids is 1. The third kappa shape index (κ3) is 4.21. The Hall–Kier alpha value is -3.05. The van der Waals surface area contributed by atoms with Gasteiger partial charge in [0, 0.05) is 18.0 Å². The van der Waals surface area contributed by atoms with Crippen molar-refractivity contribution in [3.05, 3.63) is 47.7 Å². The molecule has 0 spiro atoms. The topological polar surface area (TPSA) is 96.9 Å². The van der Waals surface area contributed by atoms with Crippen LogP contribution in [0.5, 0.6) is 0 Å². The Labute approximate surface area is 104 Å². The van der Waals surface area contributed by atoms with Crippen molar-refractivity contribution in [2.75, 3.05) is 5.32 Å². The number of nitrogens with zero attached hydrogens (tertiary/aromatic N) is 2. The molecule has 18 heavy (non-hydrogen) atoms. The maximum absolute atomic E-state index is 10.3. The van der Waals surface area contributed by atoms with E-state index in [0.717, 1.165) is 11.6 Å². The normalized spacial score (nSPS) is 9.22. The van der Waals surface area contributed by atoms with Crippen molar-refractivity contribution < 1.29 is 9.90 Å². The quantitative estimate of drug-likeness (QED) is 0.619. The van der Waals surface area contributed by atoms with Gasteiger partial charge >= 0.3 is 5.97 Å². The van der Waals surface area contributed by atoms with E-state index >= 15 is 0 Å². The van der Waals surface area contributed by atoms with Gasteiger partial charge in [-0.25, -0.2) is 4.79 Å². The average Bonchev–Trinajstić information content (AvgIpc) is 2.39. The van der Waals surface area contributed by atoms with Crippen LogP contribution in [0, 0.1) is 22.7 Å². The fourth-order valence-corrected chi connectivity index (χ4v) is 1.10. The summed E-state index contributed by atoms with van der Waals surface area (Å²) in [7, 11) is 0. The number of nitrogens with one attached hydrogen (secondary N) is 1. The van der Waals surface area contributed by atoms with Gasteiger partial charge in [0.05, 0.1) is 0 Å². The molecular formula is C13H9N3O2. The predicted octanol–water partition coefficient (Wildman–Crippen LogP) is 2.13. The second-order valence-corrected chi connectivity index (χ2v) is 3.22. The molecule has 0 aliphatic rings. The molecule has 0 atom stereocenters. The summed E-state index contributed by atoms with van der Waals surface area (Å²) in [5, 5.41) is 28.3. The van der Waals surface area contributed by atoms with Crippen LogP contribution in [0.4, 0.5) is 5.69 Å². The number of anilines is 1. The van der Waals surface area contributed by atoms with Crippen molar-refractivity contribution >= 4 is 17.7 Å². The summed E-state index contributed by atoms with van der Waals surface area (Å²) in [6.07, 6.45) is 3.83. The highest BCUT2D eigenvalue weighted by atomic mass is 16.4. The first-order valence-electron chi connectivity index (χ1n) is 4.93. The monoisotopic (exact) mass is 239 g/mol. The molecule has 0 heterocycles. The van der Waals surface area contributed by atoms with Crippen molar-refractivity contribution in [2.24, 2.45) is 0 Å². The van der Waals surface area contributed by atoms with Gasteiger partial charge in [-0.3, -0.25) is 0 Å². The Morgan fingerprint density at radius 2 is 1.83 bits per heavy atom. The van der Waals surface area contributed by atoms with E-state index in [9.17, 15) is 4.79 Å². The fraction of sp³-hybridized carbons (Fsp3) is 0. The highest BCUT2D eigenvalue weighted by molar-refractivity contribution is 5.85. The minimum Gasteiger partial charge on any atom is -0.478 e. The molecule has 0 aliphatic heterocycles. The Morgan fingerprint density at radius 1 is 1.22 bits per heavy atom. The first-order valence-corrected chi connectivity index (χ1v) is 4.93. The molecule has 88 valence electrons. The van der Waals surface area contributed by atoms with Gasteiger partial charge in [-0.1, -0.05) is 12.1 Å². The van der Waals surface area contributed by atoms with Gasteiger partial charge in [-0.2, -0.15) is 10.5 Å². The van der Waals surface area contributed by atoms with Crippen LogP contribution < -0.4 is 5.32 Å². The Kier molecular flexibility index (Phi) is 4.71. The van der Waals surface area contributed by atoms with Crippen LogP contribution in [0.15, 0.2) is 42.1 Å². The smallest absolute Gasteiger partial charge is 0.328 e. The second kappa shape index (κ2) is 6.51. The number of hydrogen-bond donors (Lipinski definition) is 2. The standard InChI is InChI=1S/C13H9N3O2/c14-7-11(8-15)9-16-12-4-1-10(2-5-12)3-6-13(17)18/h1-6,9,16H,(H,17,18). The van der Waals surface area contributed by atoms with Crippen LogP contribution in [0.3, 0.4) is 0 Å². The summed E-state index contributed by atoms with van der Waals surface area (Å²) in [6.45, 7) is 0. The van der Waals surface area contributed by atoms with E-state index in [0.29, 0.717) is 5.69 Å². The van der Waals surface area contributed by atoms with Gasteiger partial charge in [-0.15, -0.1) is 0 Å². The SMILES string of the molecule is N#CC(C#N)=CNc1ccc(C=CC(=O)O)cc1. The summed E-state index contributed by atoms with van der Waals surface area (Å²) >= 11 is 0. The number of carbonyl (C=O) groups is 1. The molecule has 0 amide bonds. The van der Waals surface area contributed by atoms with Crippen LogP contribution in [0.25, 0.3) is 6.08 Å². The van der Waals surface area contributed by atoms with Gasteiger partial charge in [0.25, 0.3) is 0 Å². The molecule has 0 bridgehead atoms. The number of nitriles is 2. The largest absolute Gasteiger partial charge is 0.478 e. The molecule has 5 nitrogen and oxygen atoms in total. The van der Waals surface area contributed by atoms with E-state index in [1.54, 1.807) is 36.4 Å². The van der Waals surface area contributed by atoms with Crippen molar-refractivity contribution in [1.82, 2.24) is 0 Å². The van der Waals surface area contributed by atoms with Crippen LogP contribution in [0.1, 0.15) is 5.56 Å². The van der Waals surface area contributed by atoms with E-state index < -0.39 is 5.97 Å². The highest BCUT2D eigenvalue weighted by Crippen LogP contribution is 2.11. The lowest BCUT2D eigenvalue weighted by molar-refractivity contribution is -0.131. The summed E-state index contributed by atoms with van der Waals surface area (Å²) in [5.74, 6) is -1.01. The average molecular weight is 239 g/mol. The molecule has 1 rings (SSSR count). The summed E-state index contributed by atoms with van der Waals surface area (Å²) in [4.78, 5) is 10.3. The summed E-state index contributed by atoms with van der Waals surface area (Å²) in [5.41, 5.74) is 1.42. The molecule has 0 aliphatic carbocycles. The van der Waals surface area contributed by atoms with E-state index in [-0.39, 0.29) is 5.57 Å². The molecule has 1 aromatic rings. The number of hydrogen-bond acceptors (Lipinski definition) is 4. The number of aliphatic carboxylic acids is 1. The van der Waals surface area contributed by atoms with Crippen molar-refractivity contribution in [3.8, 4) is 12.1 Å². The van der Waals surface area contributed by atoms with E-state index in [4.69, 9.17) is 15.6 Å². The number of carboxylic acid groups (broad SMARTS) is 1. The van der Waals surface area contributed by atoms with Gasteiger partial charge in [0.1, 0.15) is 17.7 Å².